The second kappa shape index (κ2) is 8.80. The van der Waals surface area contributed by atoms with Crippen molar-refractivity contribution in [3.63, 3.8) is 0 Å². The van der Waals surface area contributed by atoms with E-state index in [1.165, 1.54) is 18.9 Å². The van der Waals surface area contributed by atoms with Crippen molar-refractivity contribution >= 4 is 29.2 Å². The van der Waals surface area contributed by atoms with Gasteiger partial charge in [-0.15, -0.1) is 0 Å². The predicted molar refractivity (Wildman–Crippen MR) is 100 cm³/mol. The highest BCUT2D eigenvalue weighted by atomic mass is 16.5. The molecular weight excluding hydrogens is 332 g/mol. The van der Waals surface area contributed by atoms with Gasteiger partial charge >= 0.3 is 5.97 Å². The highest BCUT2D eigenvalue weighted by molar-refractivity contribution is 5.95. The van der Waals surface area contributed by atoms with E-state index in [0.717, 1.165) is 11.3 Å². The highest BCUT2D eigenvalue weighted by Gasteiger charge is 2.14. The van der Waals surface area contributed by atoms with Crippen molar-refractivity contribution in [1.29, 1.82) is 0 Å². The lowest BCUT2D eigenvalue weighted by molar-refractivity contribution is -0.117. The van der Waals surface area contributed by atoms with Crippen LogP contribution < -0.4 is 10.2 Å². The fourth-order valence-corrected chi connectivity index (χ4v) is 2.52. The Kier molecular flexibility index (Phi) is 6.49. The maximum absolute atomic E-state index is 12.2. The Labute approximate surface area is 152 Å². The first-order valence-corrected chi connectivity index (χ1v) is 8.23. The first-order chi connectivity index (χ1) is 12.4. The summed E-state index contributed by atoms with van der Waals surface area (Å²) >= 11 is 0. The lowest BCUT2D eigenvalue weighted by atomic mass is 10.2. The SMILES string of the molecule is COC(=O)c1ccc(N(CCC(=O)Nc2cccc(C)c2)C(C)=O)cc1. The molecule has 0 fully saturated rings. The number of benzene rings is 2. The average molecular weight is 354 g/mol. The van der Waals surface area contributed by atoms with Gasteiger partial charge in [0.25, 0.3) is 0 Å². The molecule has 0 unspecified atom stereocenters. The quantitative estimate of drug-likeness (QED) is 0.809. The smallest absolute Gasteiger partial charge is 0.337 e. The average Bonchev–Trinajstić information content (AvgIpc) is 2.61. The molecule has 6 nitrogen and oxygen atoms in total. The molecular formula is C20H22N2O4. The molecule has 6 heteroatoms. The summed E-state index contributed by atoms with van der Waals surface area (Å²) in [5, 5.41) is 2.82. The zero-order valence-electron chi connectivity index (χ0n) is 15.1. The number of carbonyl (C=O) groups is 3. The zero-order valence-corrected chi connectivity index (χ0v) is 15.1. The number of nitrogens with zero attached hydrogens (tertiary/aromatic N) is 1. The molecule has 0 heterocycles. The number of hydrogen-bond donors (Lipinski definition) is 1. The van der Waals surface area contributed by atoms with Gasteiger partial charge in [0.15, 0.2) is 0 Å². The van der Waals surface area contributed by atoms with Gasteiger partial charge in [0.1, 0.15) is 0 Å². The van der Waals surface area contributed by atoms with Gasteiger partial charge in [-0.1, -0.05) is 12.1 Å². The summed E-state index contributed by atoms with van der Waals surface area (Å²) in [5.41, 5.74) is 2.80. The van der Waals surface area contributed by atoms with Gasteiger partial charge in [-0.25, -0.2) is 4.79 Å². The fraction of sp³-hybridized carbons (Fsp3) is 0.250. The third-order valence-corrected chi connectivity index (χ3v) is 3.84. The fourth-order valence-electron chi connectivity index (χ4n) is 2.52. The topological polar surface area (TPSA) is 75.7 Å². The zero-order chi connectivity index (χ0) is 19.1. The van der Waals surface area contributed by atoms with Crippen LogP contribution in [0.5, 0.6) is 0 Å². The summed E-state index contributed by atoms with van der Waals surface area (Å²) < 4.78 is 4.66. The first-order valence-electron chi connectivity index (χ1n) is 8.23. The molecule has 0 saturated heterocycles. The Morgan fingerprint density at radius 1 is 1.08 bits per heavy atom. The van der Waals surface area contributed by atoms with E-state index >= 15 is 0 Å². The van der Waals surface area contributed by atoms with Gasteiger partial charge < -0.3 is 15.0 Å². The molecule has 0 aliphatic rings. The number of esters is 1. The Hall–Kier alpha value is -3.15. The second-order valence-corrected chi connectivity index (χ2v) is 5.88. The van der Waals surface area contributed by atoms with E-state index in [-0.39, 0.29) is 24.8 Å². The van der Waals surface area contributed by atoms with E-state index in [0.29, 0.717) is 11.3 Å². The molecule has 0 spiro atoms. The van der Waals surface area contributed by atoms with E-state index < -0.39 is 5.97 Å². The monoisotopic (exact) mass is 354 g/mol. The number of rotatable bonds is 6. The van der Waals surface area contributed by atoms with Crippen LogP contribution >= 0.6 is 0 Å². The number of ether oxygens (including phenoxy) is 1. The van der Waals surface area contributed by atoms with Crippen LogP contribution in [-0.2, 0) is 14.3 Å². The molecule has 0 bridgehead atoms. The van der Waals surface area contributed by atoms with Crippen LogP contribution in [-0.4, -0.2) is 31.4 Å². The van der Waals surface area contributed by atoms with E-state index in [1.54, 1.807) is 24.3 Å². The molecule has 0 aliphatic carbocycles. The molecule has 2 amide bonds. The lowest BCUT2D eigenvalue weighted by Crippen LogP contribution is -2.32. The molecule has 0 atom stereocenters. The minimum absolute atomic E-state index is 0.159. The Bertz CT molecular complexity index is 800. The van der Waals surface area contributed by atoms with Crippen molar-refractivity contribution in [1.82, 2.24) is 0 Å². The maximum Gasteiger partial charge on any atom is 0.337 e. The second-order valence-electron chi connectivity index (χ2n) is 5.88. The number of carbonyl (C=O) groups excluding carboxylic acids is 3. The minimum Gasteiger partial charge on any atom is -0.465 e. The third kappa shape index (κ3) is 5.17. The van der Waals surface area contributed by atoms with E-state index in [1.807, 2.05) is 31.2 Å². The molecule has 136 valence electrons. The van der Waals surface area contributed by atoms with Crippen LogP contribution in [0.4, 0.5) is 11.4 Å². The molecule has 0 aromatic heterocycles. The van der Waals surface area contributed by atoms with Crippen LogP contribution in [0.25, 0.3) is 0 Å². The van der Waals surface area contributed by atoms with Crippen LogP contribution in [0.3, 0.4) is 0 Å². The summed E-state index contributed by atoms with van der Waals surface area (Å²) in [7, 11) is 1.31. The number of hydrogen-bond acceptors (Lipinski definition) is 4. The summed E-state index contributed by atoms with van der Waals surface area (Å²) in [6.45, 7) is 3.63. The van der Waals surface area contributed by atoms with Crippen molar-refractivity contribution in [2.24, 2.45) is 0 Å². The van der Waals surface area contributed by atoms with Gasteiger partial charge in [0.2, 0.25) is 11.8 Å². The predicted octanol–water partition coefficient (Wildman–Crippen LogP) is 3.16. The van der Waals surface area contributed by atoms with Gasteiger partial charge in [-0.05, 0) is 48.9 Å². The highest BCUT2D eigenvalue weighted by Crippen LogP contribution is 2.17. The molecule has 2 aromatic carbocycles. The maximum atomic E-state index is 12.2. The van der Waals surface area contributed by atoms with Gasteiger partial charge in [-0.2, -0.15) is 0 Å². The Morgan fingerprint density at radius 3 is 2.35 bits per heavy atom. The molecule has 1 N–H and O–H groups in total. The molecule has 0 aliphatic heterocycles. The third-order valence-electron chi connectivity index (χ3n) is 3.84. The lowest BCUT2D eigenvalue weighted by Gasteiger charge is -2.21. The van der Waals surface area contributed by atoms with Gasteiger partial charge in [0.05, 0.1) is 12.7 Å². The van der Waals surface area contributed by atoms with Crippen molar-refractivity contribution in [3.05, 3.63) is 59.7 Å². The van der Waals surface area contributed by atoms with Crippen LogP contribution in [0.2, 0.25) is 0 Å². The van der Waals surface area contributed by atoms with Gasteiger partial charge in [-0.3, -0.25) is 9.59 Å². The first kappa shape index (κ1) is 19.2. The van der Waals surface area contributed by atoms with Crippen LogP contribution in [0.1, 0.15) is 29.3 Å². The number of nitrogens with one attached hydrogen (secondary N) is 1. The van der Waals surface area contributed by atoms with E-state index in [9.17, 15) is 14.4 Å². The Balaban J connectivity index is 2.00. The summed E-state index contributed by atoms with van der Waals surface area (Å²) in [6.07, 6.45) is 0.159. The van der Waals surface area contributed by atoms with Crippen LogP contribution in [0.15, 0.2) is 48.5 Å². The molecule has 2 aromatic rings. The summed E-state index contributed by atoms with van der Waals surface area (Å²) in [4.78, 5) is 37.1. The number of anilines is 2. The molecule has 0 saturated carbocycles. The summed E-state index contributed by atoms with van der Waals surface area (Å²) in [6, 6.07) is 14.0. The molecule has 2 rings (SSSR count). The van der Waals surface area contributed by atoms with Crippen LogP contribution in [0, 0.1) is 6.92 Å². The number of aryl methyl sites for hydroxylation is 1. The van der Waals surface area contributed by atoms with Crippen molar-refractivity contribution in [2.75, 3.05) is 23.9 Å². The minimum atomic E-state index is -0.441. The number of methoxy groups -OCH3 is 1. The largest absolute Gasteiger partial charge is 0.465 e. The normalized spacial score (nSPS) is 10.1. The number of amides is 2. The van der Waals surface area contributed by atoms with Gasteiger partial charge in [0, 0.05) is 31.3 Å². The Morgan fingerprint density at radius 2 is 1.77 bits per heavy atom. The molecule has 26 heavy (non-hydrogen) atoms. The van der Waals surface area contributed by atoms with E-state index in [2.05, 4.69) is 10.1 Å². The van der Waals surface area contributed by atoms with Crippen molar-refractivity contribution < 1.29 is 19.1 Å². The summed E-state index contributed by atoms with van der Waals surface area (Å²) in [5.74, 6) is -0.796. The van der Waals surface area contributed by atoms with Crippen molar-refractivity contribution in [2.45, 2.75) is 20.3 Å². The standard InChI is InChI=1S/C20H22N2O4/c1-14-5-4-6-17(13-14)21-19(24)11-12-22(15(2)23)18-9-7-16(8-10-18)20(25)26-3/h4-10,13H,11-12H2,1-3H3,(H,21,24). The van der Waals surface area contributed by atoms with Crippen molar-refractivity contribution in [3.8, 4) is 0 Å². The molecule has 0 radical (unpaired) electrons. The van der Waals surface area contributed by atoms with E-state index in [4.69, 9.17) is 0 Å².